The van der Waals surface area contributed by atoms with Crippen LogP contribution >= 0.6 is 15.9 Å². The Morgan fingerprint density at radius 2 is 1.88 bits per heavy atom. The van der Waals surface area contributed by atoms with E-state index < -0.39 is 0 Å². The van der Waals surface area contributed by atoms with Crippen molar-refractivity contribution in [2.24, 2.45) is 0 Å². The number of nitrogens with zero attached hydrogens (tertiary/aromatic N) is 3. The van der Waals surface area contributed by atoms with E-state index in [1.165, 1.54) is 10.7 Å². The number of hydrogen-bond acceptors (Lipinski definition) is 2. The molecule has 1 atom stereocenters. The average molecular weight is 414 g/mol. The maximum Gasteiger partial charge on any atom is 0.274 e. The summed E-state index contributed by atoms with van der Waals surface area (Å²) in [7, 11) is 0. The molecule has 0 aliphatic carbocycles. The van der Waals surface area contributed by atoms with E-state index in [4.69, 9.17) is 0 Å². The van der Waals surface area contributed by atoms with E-state index in [1.54, 1.807) is 30.5 Å². The molecule has 0 spiro atoms. The Bertz CT molecular complexity index is 938. The predicted molar refractivity (Wildman–Crippen MR) is 101 cm³/mol. The summed E-state index contributed by atoms with van der Waals surface area (Å²) in [4.78, 5) is 14.8. The largest absolute Gasteiger partial charge is 0.330 e. The molecule has 0 saturated carbocycles. The normalized spacial score (nSPS) is 16.8. The van der Waals surface area contributed by atoms with E-state index in [0.29, 0.717) is 17.9 Å². The molecule has 1 saturated heterocycles. The standard InChI is InChI=1S/C20H17BrFN3O/c21-15-9-7-14(8-10-15)18-6-3-12-24(18)20(26)17-11-13-25(23-17)19-5-2-1-4-16(19)22/h1-2,4-5,7-11,13,18H,3,6,12H2. The van der Waals surface area contributed by atoms with Gasteiger partial charge in [0.05, 0.1) is 6.04 Å². The third-order valence-corrected chi connectivity index (χ3v) is 5.20. The lowest BCUT2D eigenvalue weighted by Gasteiger charge is -2.24. The van der Waals surface area contributed by atoms with E-state index in [1.807, 2.05) is 29.2 Å². The molecular weight excluding hydrogens is 397 g/mol. The SMILES string of the molecule is O=C(c1ccn(-c2ccccc2F)n1)N1CCCC1c1ccc(Br)cc1. The fraction of sp³-hybridized carbons (Fsp3) is 0.200. The zero-order valence-electron chi connectivity index (χ0n) is 14.0. The first-order chi connectivity index (χ1) is 12.6. The van der Waals surface area contributed by atoms with E-state index in [9.17, 15) is 9.18 Å². The molecule has 1 aliphatic heterocycles. The number of carbonyl (C=O) groups excluding carboxylic acids is 1. The number of carbonyl (C=O) groups is 1. The number of para-hydroxylation sites is 1. The fourth-order valence-electron chi connectivity index (χ4n) is 3.40. The first-order valence-electron chi connectivity index (χ1n) is 8.50. The summed E-state index contributed by atoms with van der Waals surface area (Å²) in [6.45, 7) is 0.701. The minimum Gasteiger partial charge on any atom is -0.330 e. The molecule has 1 aromatic heterocycles. The van der Waals surface area contributed by atoms with Crippen LogP contribution in [-0.4, -0.2) is 27.1 Å². The van der Waals surface area contributed by atoms with Crippen molar-refractivity contribution in [3.8, 4) is 5.69 Å². The van der Waals surface area contributed by atoms with Crippen molar-refractivity contribution >= 4 is 21.8 Å². The maximum atomic E-state index is 13.9. The van der Waals surface area contributed by atoms with Gasteiger partial charge in [0, 0.05) is 17.2 Å². The molecule has 6 heteroatoms. The van der Waals surface area contributed by atoms with E-state index in [0.717, 1.165) is 22.9 Å². The molecule has 4 rings (SSSR count). The fourth-order valence-corrected chi connectivity index (χ4v) is 3.66. The average Bonchev–Trinajstić information content (AvgIpc) is 3.32. The molecule has 0 N–H and O–H groups in total. The summed E-state index contributed by atoms with van der Waals surface area (Å²) in [5.41, 5.74) is 1.78. The highest BCUT2D eigenvalue weighted by Gasteiger charge is 2.31. The van der Waals surface area contributed by atoms with Gasteiger partial charge in [-0.2, -0.15) is 5.10 Å². The van der Waals surface area contributed by atoms with Gasteiger partial charge < -0.3 is 4.90 Å². The van der Waals surface area contributed by atoms with Crippen LogP contribution in [0.1, 0.15) is 34.9 Å². The Morgan fingerprint density at radius 3 is 2.65 bits per heavy atom. The molecule has 1 unspecified atom stereocenters. The van der Waals surface area contributed by atoms with Crippen LogP contribution in [0, 0.1) is 5.82 Å². The summed E-state index contributed by atoms with van der Waals surface area (Å²) < 4.78 is 16.4. The zero-order chi connectivity index (χ0) is 18.1. The topological polar surface area (TPSA) is 38.1 Å². The van der Waals surface area contributed by atoms with Crippen LogP contribution in [0.4, 0.5) is 4.39 Å². The highest BCUT2D eigenvalue weighted by molar-refractivity contribution is 9.10. The third kappa shape index (κ3) is 3.17. The number of likely N-dealkylation sites (tertiary alicyclic amines) is 1. The zero-order valence-corrected chi connectivity index (χ0v) is 15.6. The minimum atomic E-state index is -0.372. The van der Waals surface area contributed by atoms with Gasteiger partial charge in [-0.15, -0.1) is 0 Å². The number of halogens is 2. The molecule has 3 aromatic rings. The van der Waals surface area contributed by atoms with Crippen molar-refractivity contribution in [2.75, 3.05) is 6.54 Å². The predicted octanol–water partition coefficient (Wildman–Crippen LogP) is 4.75. The lowest BCUT2D eigenvalue weighted by atomic mass is 10.0. The van der Waals surface area contributed by atoms with Gasteiger partial charge in [0.2, 0.25) is 0 Å². The number of hydrogen-bond donors (Lipinski definition) is 0. The van der Waals surface area contributed by atoms with E-state index >= 15 is 0 Å². The van der Waals surface area contributed by atoms with Crippen molar-refractivity contribution in [3.63, 3.8) is 0 Å². The molecule has 0 bridgehead atoms. The molecule has 2 heterocycles. The molecule has 4 nitrogen and oxygen atoms in total. The Kier molecular flexibility index (Phi) is 4.59. The van der Waals surface area contributed by atoms with Crippen molar-refractivity contribution in [1.82, 2.24) is 14.7 Å². The van der Waals surface area contributed by atoms with Crippen molar-refractivity contribution in [1.29, 1.82) is 0 Å². The highest BCUT2D eigenvalue weighted by atomic mass is 79.9. The van der Waals surface area contributed by atoms with Gasteiger partial charge in [0.1, 0.15) is 11.5 Å². The molecule has 132 valence electrons. The number of aromatic nitrogens is 2. The second-order valence-electron chi connectivity index (χ2n) is 6.31. The Hall–Kier alpha value is -2.47. The summed E-state index contributed by atoms with van der Waals surface area (Å²) in [6, 6.07) is 16.1. The highest BCUT2D eigenvalue weighted by Crippen LogP contribution is 2.33. The third-order valence-electron chi connectivity index (χ3n) is 4.68. The first kappa shape index (κ1) is 17.0. The summed E-state index contributed by atoms with van der Waals surface area (Å²) in [6.07, 6.45) is 3.51. The van der Waals surface area contributed by atoms with Crippen molar-refractivity contribution in [3.05, 3.63) is 82.3 Å². The second kappa shape index (κ2) is 7.03. The molecule has 1 fully saturated rings. The second-order valence-corrected chi connectivity index (χ2v) is 7.22. The lowest BCUT2D eigenvalue weighted by molar-refractivity contribution is 0.0729. The summed E-state index contributed by atoms with van der Waals surface area (Å²) in [5.74, 6) is -0.492. The molecule has 1 aliphatic rings. The van der Waals surface area contributed by atoms with Gasteiger partial charge in [-0.25, -0.2) is 9.07 Å². The quantitative estimate of drug-likeness (QED) is 0.621. The van der Waals surface area contributed by atoms with Gasteiger partial charge in [-0.1, -0.05) is 40.2 Å². The Labute approximate surface area is 159 Å². The minimum absolute atomic E-state index is 0.0502. The lowest BCUT2D eigenvalue weighted by Crippen LogP contribution is -2.31. The van der Waals surface area contributed by atoms with Crippen LogP contribution in [0.3, 0.4) is 0 Å². The van der Waals surface area contributed by atoms with Crippen LogP contribution in [0.2, 0.25) is 0 Å². The maximum absolute atomic E-state index is 13.9. The van der Waals surface area contributed by atoms with Crippen LogP contribution in [0.25, 0.3) is 5.69 Å². The van der Waals surface area contributed by atoms with Gasteiger partial charge in [0.15, 0.2) is 5.69 Å². The molecule has 26 heavy (non-hydrogen) atoms. The monoisotopic (exact) mass is 413 g/mol. The number of benzene rings is 2. The van der Waals surface area contributed by atoms with Gasteiger partial charge in [-0.3, -0.25) is 4.79 Å². The number of amides is 1. The number of rotatable bonds is 3. The summed E-state index contributed by atoms with van der Waals surface area (Å²) in [5, 5.41) is 4.31. The first-order valence-corrected chi connectivity index (χ1v) is 9.30. The Balaban J connectivity index is 1.59. The van der Waals surface area contributed by atoms with Gasteiger partial charge in [-0.05, 0) is 48.7 Å². The smallest absolute Gasteiger partial charge is 0.274 e. The van der Waals surface area contributed by atoms with Crippen molar-refractivity contribution < 1.29 is 9.18 Å². The molecule has 2 aromatic carbocycles. The van der Waals surface area contributed by atoms with Crippen LogP contribution in [0.15, 0.2) is 65.3 Å². The van der Waals surface area contributed by atoms with E-state index in [2.05, 4.69) is 21.0 Å². The van der Waals surface area contributed by atoms with Gasteiger partial charge in [0.25, 0.3) is 5.91 Å². The van der Waals surface area contributed by atoms with Crippen LogP contribution in [0.5, 0.6) is 0 Å². The van der Waals surface area contributed by atoms with Crippen LogP contribution in [-0.2, 0) is 0 Å². The van der Waals surface area contributed by atoms with Crippen molar-refractivity contribution in [2.45, 2.75) is 18.9 Å². The molecule has 0 radical (unpaired) electrons. The summed E-state index contributed by atoms with van der Waals surface area (Å²) >= 11 is 3.44. The molecule has 1 amide bonds. The van der Waals surface area contributed by atoms with Gasteiger partial charge >= 0.3 is 0 Å². The Morgan fingerprint density at radius 1 is 1.12 bits per heavy atom. The van der Waals surface area contributed by atoms with Crippen LogP contribution < -0.4 is 0 Å². The molecular formula is C20H17BrFN3O. The van der Waals surface area contributed by atoms with E-state index in [-0.39, 0.29) is 17.8 Å².